The zero-order valence-corrected chi connectivity index (χ0v) is 15.7. The average molecular weight is 319 g/mol. The third kappa shape index (κ3) is 3.14. The summed E-state index contributed by atoms with van der Waals surface area (Å²) in [4.78, 5) is 12.5. The molecule has 0 N–H and O–H groups in total. The van der Waals surface area contributed by atoms with E-state index in [4.69, 9.17) is 4.74 Å². The maximum atomic E-state index is 12.5. The highest BCUT2D eigenvalue weighted by atomic mass is 16.5. The van der Waals surface area contributed by atoms with Crippen molar-refractivity contribution in [2.24, 2.45) is 22.7 Å². The van der Waals surface area contributed by atoms with Gasteiger partial charge in [-0.3, -0.25) is 4.79 Å². The number of hydrogen-bond acceptors (Lipinski definition) is 2. The molecule has 2 aliphatic carbocycles. The fourth-order valence-electron chi connectivity index (χ4n) is 5.48. The lowest BCUT2D eigenvalue weighted by Gasteiger charge is -2.57. The molecule has 0 saturated heterocycles. The molecule has 130 valence electrons. The molecule has 23 heavy (non-hydrogen) atoms. The maximum absolute atomic E-state index is 12.5. The van der Waals surface area contributed by atoms with Gasteiger partial charge >= 0.3 is 5.97 Å². The minimum Gasteiger partial charge on any atom is -0.469 e. The van der Waals surface area contributed by atoms with Crippen LogP contribution in [0.25, 0.3) is 0 Å². The monoisotopic (exact) mass is 318 g/mol. The lowest BCUT2D eigenvalue weighted by atomic mass is 9.46. The molecule has 0 spiro atoms. The number of carbonyl (C=O) groups excluding carboxylic acids is 1. The summed E-state index contributed by atoms with van der Waals surface area (Å²) in [5.41, 5.74) is 2.72. The van der Waals surface area contributed by atoms with Crippen LogP contribution in [0.3, 0.4) is 0 Å². The number of esters is 1. The van der Waals surface area contributed by atoms with Crippen molar-refractivity contribution in [1.29, 1.82) is 0 Å². The normalized spacial score (nSPS) is 38.1. The summed E-state index contributed by atoms with van der Waals surface area (Å²) in [7, 11) is 1.54. The topological polar surface area (TPSA) is 26.3 Å². The van der Waals surface area contributed by atoms with Crippen LogP contribution in [0, 0.1) is 22.7 Å². The highest BCUT2D eigenvalue weighted by Crippen LogP contribution is 2.62. The molecule has 2 saturated carbocycles. The van der Waals surface area contributed by atoms with Crippen molar-refractivity contribution in [2.75, 3.05) is 7.11 Å². The SMILES string of the molecule is C=C1CCC2C(C)(C(=O)OC)CCCC2(C)C1CCC(C)=CC. The molecule has 2 nitrogen and oxygen atoms in total. The van der Waals surface area contributed by atoms with Gasteiger partial charge in [-0.25, -0.2) is 0 Å². The molecule has 2 heteroatoms. The Kier molecular flexibility index (Phi) is 5.43. The van der Waals surface area contributed by atoms with Crippen LogP contribution in [0.2, 0.25) is 0 Å². The van der Waals surface area contributed by atoms with Gasteiger partial charge in [-0.15, -0.1) is 0 Å². The van der Waals surface area contributed by atoms with Crippen molar-refractivity contribution in [1.82, 2.24) is 0 Å². The maximum Gasteiger partial charge on any atom is 0.311 e. The molecule has 2 fully saturated rings. The minimum absolute atomic E-state index is 0.00989. The zero-order chi connectivity index (χ0) is 17.3. The standard InChI is InChI=1S/C21H34O2/c1-7-15(2)9-11-17-16(3)10-12-18-20(17,4)13-8-14-21(18,5)19(22)23-6/h7,17-18H,3,8-14H2,1-2,4-6H3. The molecule has 0 aromatic rings. The molecule has 0 heterocycles. The number of allylic oxidation sites excluding steroid dienone is 3. The van der Waals surface area contributed by atoms with Gasteiger partial charge in [0.05, 0.1) is 12.5 Å². The Labute approximate surface area is 142 Å². The van der Waals surface area contributed by atoms with Crippen molar-refractivity contribution in [3.8, 4) is 0 Å². The van der Waals surface area contributed by atoms with E-state index < -0.39 is 0 Å². The highest BCUT2D eigenvalue weighted by molar-refractivity contribution is 5.77. The van der Waals surface area contributed by atoms with E-state index in [1.165, 1.54) is 31.1 Å². The Morgan fingerprint density at radius 2 is 2.09 bits per heavy atom. The zero-order valence-electron chi connectivity index (χ0n) is 15.7. The van der Waals surface area contributed by atoms with Crippen molar-refractivity contribution < 1.29 is 9.53 Å². The molecule has 0 aromatic carbocycles. The smallest absolute Gasteiger partial charge is 0.311 e. The van der Waals surface area contributed by atoms with Gasteiger partial charge in [0.1, 0.15) is 0 Å². The molecule has 2 aliphatic rings. The lowest BCUT2D eigenvalue weighted by molar-refractivity contribution is -0.168. The first-order chi connectivity index (χ1) is 10.8. The van der Waals surface area contributed by atoms with Crippen LogP contribution in [-0.4, -0.2) is 13.1 Å². The number of methoxy groups -OCH3 is 1. The van der Waals surface area contributed by atoms with Crippen LogP contribution >= 0.6 is 0 Å². The summed E-state index contributed by atoms with van der Waals surface area (Å²) in [5, 5.41) is 0. The molecule has 4 unspecified atom stereocenters. The van der Waals surface area contributed by atoms with Crippen LogP contribution in [0.4, 0.5) is 0 Å². The van der Waals surface area contributed by atoms with E-state index in [1.807, 2.05) is 0 Å². The summed E-state index contributed by atoms with van der Waals surface area (Å²) in [6.45, 7) is 13.3. The van der Waals surface area contributed by atoms with E-state index in [0.717, 1.165) is 32.1 Å². The Morgan fingerprint density at radius 1 is 1.39 bits per heavy atom. The summed E-state index contributed by atoms with van der Waals surface area (Å²) in [5.74, 6) is 0.933. The summed E-state index contributed by atoms with van der Waals surface area (Å²) >= 11 is 0. The van der Waals surface area contributed by atoms with Crippen LogP contribution in [0.15, 0.2) is 23.8 Å². The highest BCUT2D eigenvalue weighted by Gasteiger charge is 2.57. The first kappa shape index (κ1) is 18.3. The van der Waals surface area contributed by atoms with Crippen molar-refractivity contribution in [3.05, 3.63) is 23.8 Å². The number of ether oxygens (including phenoxy) is 1. The van der Waals surface area contributed by atoms with Crippen molar-refractivity contribution in [2.45, 2.75) is 72.6 Å². The third-order valence-corrected chi connectivity index (χ3v) is 6.99. The Hall–Kier alpha value is -1.05. The van der Waals surface area contributed by atoms with E-state index in [-0.39, 0.29) is 16.8 Å². The van der Waals surface area contributed by atoms with Gasteiger partial charge in [-0.1, -0.05) is 37.1 Å². The van der Waals surface area contributed by atoms with E-state index in [2.05, 4.69) is 40.3 Å². The first-order valence-corrected chi connectivity index (χ1v) is 9.17. The van der Waals surface area contributed by atoms with Gasteiger partial charge in [0.25, 0.3) is 0 Å². The second-order valence-corrected chi connectivity index (χ2v) is 8.24. The van der Waals surface area contributed by atoms with Crippen LogP contribution < -0.4 is 0 Å². The molecule has 0 aromatic heterocycles. The lowest BCUT2D eigenvalue weighted by Crippen LogP contribution is -2.53. The molecular weight excluding hydrogens is 284 g/mol. The largest absolute Gasteiger partial charge is 0.469 e. The van der Waals surface area contributed by atoms with Gasteiger partial charge in [-0.2, -0.15) is 0 Å². The fourth-order valence-corrected chi connectivity index (χ4v) is 5.48. The number of hydrogen-bond donors (Lipinski definition) is 0. The summed E-state index contributed by atoms with van der Waals surface area (Å²) in [6.07, 6.45) is 9.95. The van der Waals surface area contributed by atoms with E-state index >= 15 is 0 Å². The van der Waals surface area contributed by atoms with Crippen LogP contribution in [-0.2, 0) is 9.53 Å². The van der Waals surface area contributed by atoms with Gasteiger partial charge in [-0.05, 0) is 76.5 Å². The summed E-state index contributed by atoms with van der Waals surface area (Å²) in [6, 6.07) is 0. The number of fused-ring (bicyclic) bond motifs is 1. The molecule has 4 atom stereocenters. The van der Waals surface area contributed by atoms with E-state index in [9.17, 15) is 4.79 Å². The average Bonchev–Trinajstić information content (AvgIpc) is 2.52. The van der Waals surface area contributed by atoms with Crippen molar-refractivity contribution in [3.63, 3.8) is 0 Å². The van der Waals surface area contributed by atoms with Gasteiger partial charge in [0, 0.05) is 0 Å². The fraction of sp³-hybridized carbons (Fsp3) is 0.762. The van der Waals surface area contributed by atoms with Crippen LogP contribution in [0.1, 0.15) is 72.6 Å². The Balaban J connectivity index is 2.31. The number of carbonyl (C=O) groups is 1. The van der Waals surface area contributed by atoms with Gasteiger partial charge in [0.2, 0.25) is 0 Å². The Morgan fingerprint density at radius 3 is 2.70 bits per heavy atom. The third-order valence-electron chi connectivity index (χ3n) is 6.99. The minimum atomic E-state index is -0.323. The molecule has 0 bridgehead atoms. The van der Waals surface area contributed by atoms with E-state index in [1.54, 1.807) is 0 Å². The molecule has 0 aliphatic heterocycles. The van der Waals surface area contributed by atoms with Gasteiger partial charge < -0.3 is 4.74 Å². The predicted octanol–water partition coefficient (Wildman–Crippen LogP) is 5.68. The second-order valence-electron chi connectivity index (χ2n) is 8.24. The first-order valence-electron chi connectivity index (χ1n) is 9.17. The van der Waals surface area contributed by atoms with Crippen molar-refractivity contribution >= 4 is 5.97 Å². The number of rotatable bonds is 4. The molecule has 0 amide bonds. The van der Waals surface area contributed by atoms with Crippen LogP contribution in [0.5, 0.6) is 0 Å². The molecule has 0 radical (unpaired) electrons. The van der Waals surface area contributed by atoms with Gasteiger partial charge in [0.15, 0.2) is 0 Å². The quantitative estimate of drug-likeness (QED) is 0.492. The summed E-state index contributed by atoms with van der Waals surface area (Å²) < 4.78 is 5.19. The Bertz CT molecular complexity index is 504. The van der Waals surface area contributed by atoms with E-state index in [0.29, 0.717) is 11.8 Å². The molecule has 2 rings (SSSR count). The predicted molar refractivity (Wildman–Crippen MR) is 96.1 cm³/mol. The second kappa shape index (κ2) is 6.83. The molecular formula is C21H34O2.